The lowest BCUT2D eigenvalue weighted by Gasteiger charge is -2.03. The molecule has 0 bridgehead atoms. The lowest BCUT2D eigenvalue weighted by molar-refractivity contribution is 0.0692. The van der Waals surface area contributed by atoms with Gasteiger partial charge in [-0.15, -0.1) is 0 Å². The van der Waals surface area contributed by atoms with Gasteiger partial charge in [0.1, 0.15) is 0 Å². The van der Waals surface area contributed by atoms with Crippen LogP contribution < -0.4 is 11.3 Å². The van der Waals surface area contributed by atoms with Crippen molar-refractivity contribution in [3.63, 3.8) is 0 Å². The van der Waals surface area contributed by atoms with E-state index in [1.807, 2.05) is 5.16 Å². The predicted octanol–water partition coefficient (Wildman–Crippen LogP) is 0.0759. The number of aromatic amines is 1. The van der Waals surface area contributed by atoms with E-state index in [0.29, 0.717) is 6.42 Å². The van der Waals surface area contributed by atoms with Gasteiger partial charge in [0.2, 0.25) is 0 Å². The number of carboxylic acid groups (broad SMARTS) is 1. The van der Waals surface area contributed by atoms with Crippen LogP contribution in [-0.2, 0) is 0 Å². The third-order valence-corrected chi connectivity index (χ3v) is 1.72. The summed E-state index contributed by atoms with van der Waals surface area (Å²) in [5.41, 5.74) is 4.36. The van der Waals surface area contributed by atoms with Crippen LogP contribution >= 0.6 is 0 Å². The summed E-state index contributed by atoms with van der Waals surface area (Å²) in [7, 11) is 0. The van der Waals surface area contributed by atoms with E-state index in [0.717, 1.165) is 0 Å². The molecule has 0 fully saturated rings. The number of aromatic carboxylic acids is 1. The number of aromatic nitrogens is 1. The monoisotopic (exact) mass is 186 g/mol. The van der Waals surface area contributed by atoms with Gasteiger partial charge < -0.3 is 15.4 Å². The number of H-pyrrole nitrogens is 1. The molecular weight excluding hydrogens is 176 g/mol. The number of nitrogens with two attached hydrogens (primary N) is 1. The topological polar surface area (TPSA) is 109 Å². The Morgan fingerprint density at radius 3 is 2.85 bits per heavy atom. The number of hydrogen-bond acceptors (Lipinski definition) is 4. The van der Waals surface area contributed by atoms with E-state index in [4.69, 9.17) is 10.8 Å². The van der Waals surface area contributed by atoms with Crippen molar-refractivity contribution in [2.75, 3.05) is 0 Å². The maximum Gasteiger partial charge on any atom is 0.345 e. The third-order valence-electron chi connectivity index (χ3n) is 1.72. The first-order valence-electron chi connectivity index (χ1n) is 3.78. The van der Waals surface area contributed by atoms with E-state index in [9.17, 15) is 9.59 Å². The van der Waals surface area contributed by atoms with Crippen LogP contribution in [0.15, 0.2) is 9.32 Å². The summed E-state index contributed by atoms with van der Waals surface area (Å²) >= 11 is 0. The molecule has 0 aromatic carbocycles. The van der Waals surface area contributed by atoms with E-state index >= 15 is 0 Å². The lowest BCUT2D eigenvalue weighted by Crippen LogP contribution is -2.17. The molecule has 0 aliphatic rings. The molecule has 13 heavy (non-hydrogen) atoms. The number of carboxylic acids is 1. The van der Waals surface area contributed by atoms with Gasteiger partial charge in [0.25, 0.3) is 5.56 Å². The second kappa shape index (κ2) is 3.44. The van der Waals surface area contributed by atoms with Crippen LogP contribution in [0, 0.1) is 0 Å². The van der Waals surface area contributed by atoms with Crippen molar-refractivity contribution in [3.05, 3.63) is 21.7 Å². The van der Waals surface area contributed by atoms with Crippen LogP contribution in [0.2, 0.25) is 0 Å². The zero-order valence-corrected chi connectivity index (χ0v) is 7.03. The number of hydrogen-bond donors (Lipinski definition) is 3. The van der Waals surface area contributed by atoms with Crippen molar-refractivity contribution in [3.8, 4) is 0 Å². The lowest BCUT2D eigenvalue weighted by atomic mass is 10.1. The molecule has 1 rings (SSSR count). The average Bonchev–Trinajstić information content (AvgIpc) is 2.45. The number of rotatable bonds is 3. The minimum Gasteiger partial charge on any atom is -0.477 e. The zero-order chi connectivity index (χ0) is 10.0. The Balaban J connectivity index is 3.22. The molecule has 0 saturated heterocycles. The fourth-order valence-corrected chi connectivity index (χ4v) is 0.964. The normalized spacial score (nSPS) is 12.8. The van der Waals surface area contributed by atoms with Crippen molar-refractivity contribution in [2.45, 2.75) is 19.4 Å². The van der Waals surface area contributed by atoms with Crippen molar-refractivity contribution in [1.29, 1.82) is 0 Å². The summed E-state index contributed by atoms with van der Waals surface area (Å²) in [5, 5.41) is 10.6. The molecule has 6 heteroatoms. The molecule has 1 unspecified atom stereocenters. The first-order chi connectivity index (χ1) is 6.07. The maximum absolute atomic E-state index is 10.9. The van der Waals surface area contributed by atoms with Crippen LogP contribution in [0.5, 0.6) is 0 Å². The van der Waals surface area contributed by atoms with Gasteiger partial charge in [0, 0.05) is 0 Å². The van der Waals surface area contributed by atoms with Gasteiger partial charge in [-0.2, -0.15) is 5.16 Å². The second-order valence-corrected chi connectivity index (χ2v) is 2.59. The summed E-state index contributed by atoms with van der Waals surface area (Å²) in [6.07, 6.45) is 0.501. The molecule has 4 N–H and O–H groups in total. The molecule has 1 aromatic rings. The van der Waals surface area contributed by atoms with Crippen LogP contribution in [-0.4, -0.2) is 16.2 Å². The molecule has 6 nitrogen and oxygen atoms in total. The molecule has 0 aliphatic heterocycles. The minimum absolute atomic E-state index is 0.000000000000000444. The fraction of sp³-hybridized carbons (Fsp3) is 0.429. The molecular formula is C7H10N2O4. The van der Waals surface area contributed by atoms with Crippen LogP contribution in [0.3, 0.4) is 0 Å². The molecule has 1 atom stereocenters. The Hall–Kier alpha value is -1.56. The standard InChI is InChI=1S/C7H10N2O4/c1-2-3(8)5-4(7(11)12)6(10)9-13-5/h3H,2,8H2,1H3,(H,9,10)(H,11,12). The average molecular weight is 186 g/mol. The van der Waals surface area contributed by atoms with Gasteiger partial charge in [-0.05, 0) is 6.42 Å². The minimum atomic E-state index is -1.33. The van der Waals surface area contributed by atoms with Gasteiger partial charge in [-0.3, -0.25) is 4.79 Å². The Morgan fingerprint density at radius 2 is 2.38 bits per heavy atom. The Morgan fingerprint density at radius 1 is 1.77 bits per heavy atom. The molecule has 0 amide bonds. The smallest absolute Gasteiger partial charge is 0.345 e. The summed E-state index contributed by atoms with van der Waals surface area (Å²) < 4.78 is 4.67. The molecule has 0 radical (unpaired) electrons. The van der Waals surface area contributed by atoms with Crippen LogP contribution in [0.25, 0.3) is 0 Å². The Labute approximate surface area is 73.3 Å². The molecule has 1 aromatic heterocycles. The van der Waals surface area contributed by atoms with E-state index in [1.54, 1.807) is 6.92 Å². The van der Waals surface area contributed by atoms with Gasteiger partial charge >= 0.3 is 5.97 Å². The SMILES string of the molecule is CCC(N)c1o[nH]c(=O)c1C(=O)O. The molecule has 0 spiro atoms. The Bertz CT molecular complexity index is 365. The third kappa shape index (κ3) is 1.62. The highest BCUT2D eigenvalue weighted by molar-refractivity contribution is 5.88. The number of carbonyl (C=O) groups is 1. The van der Waals surface area contributed by atoms with Crippen LogP contribution in [0.4, 0.5) is 0 Å². The molecule has 72 valence electrons. The van der Waals surface area contributed by atoms with Crippen molar-refractivity contribution >= 4 is 5.97 Å². The summed E-state index contributed by atoms with van der Waals surface area (Å²) in [6, 6.07) is -0.565. The number of nitrogens with one attached hydrogen (secondary N) is 1. The first kappa shape index (κ1) is 9.53. The van der Waals surface area contributed by atoms with Crippen molar-refractivity contribution in [2.24, 2.45) is 5.73 Å². The van der Waals surface area contributed by atoms with Crippen molar-refractivity contribution < 1.29 is 14.4 Å². The summed E-state index contributed by atoms with van der Waals surface area (Å²) in [6.45, 7) is 1.77. The van der Waals surface area contributed by atoms with E-state index in [2.05, 4.69) is 4.52 Å². The van der Waals surface area contributed by atoms with Gasteiger partial charge in [0.15, 0.2) is 11.3 Å². The van der Waals surface area contributed by atoms with E-state index in [1.165, 1.54) is 0 Å². The molecule has 1 heterocycles. The predicted molar refractivity (Wildman–Crippen MR) is 43.5 cm³/mol. The quantitative estimate of drug-likeness (QED) is 0.619. The first-order valence-corrected chi connectivity index (χ1v) is 3.78. The van der Waals surface area contributed by atoms with E-state index < -0.39 is 23.1 Å². The fourth-order valence-electron chi connectivity index (χ4n) is 0.964. The highest BCUT2D eigenvalue weighted by atomic mass is 16.5. The van der Waals surface area contributed by atoms with Gasteiger partial charge in [-0.25, -0.2) is 4.79 Å². The maximum atomic E-state index is 10.9. The van der Waals surface area contributed by atoms with Crippen molar-refractivity contribution in [1.82, 2.24) is 5.16 Å². The molecule has 0 aliphatic carbocycles. The largest absolute Gasteiger partial charge is 0.477 e. The van der Waals surface area contributed by atoms with Gasteiger partial charge in [-0.1, -0.05) is 6.92 Å². The van der Waals surface area contributed by atoms with Gasteiger partial charge in [0.05, 0.1) is 6.04 Å². The molecule has 0 saturated carbocycles. The highest BCUT2D eigenvalue weighted by Crippen LogP contribution is 2.15. The summed E-state index contributed by atoms with van der Waals surface area (Å²) in [5.74, 6) is -1.33. The van der Waals surface area contributed by atoms with Crippen LogP contribution in [0.1, 0.15) is 35.5 Å². The second-order valence-electron chi connectivity index (χ2n) is 2.59. The Kier molecular flexibility index (Phi) is 2.52. The zero-order valence-electron chi connectivity index (χ0n) is 7.03. The summed E-state index contributed by atoms with van der Waals surface area (Å²) in [4.78, 5) is 21.5. The highest BCUT2D eigenvalue weighted by Gasteiger charge is 2.23. The van der Waals surface area contributed by atoms with E-state index in [-0.39, 0.29) is 5.76 Å².